The molecule has 0 aliphatic carbocycles. The van der Waals surface area contributed by atoms with Crippen LogP contribution in [0.15, 0.2) is 30.5 Å². The number of nitrogens with zero attached hydrogens (tertiary/aromatic N) is 4. The second kappa shape index (κ2) is 9.03. The third kappa shape index (κ3) is 4.71. The Morgan fingerprint density at radius 2 is 1.89 bits per heavy atom. The smallest absolute Gasteiger partial charge is 0.125 e. The lowest BCUT2D eigenvalue weighted by Gasteiger charge is -2.34. The van der Waals surface area contributed by atoms with Gasteiger partial charge in [-0.15, -0.1) is 0 Å². The molecule has 7 heteroatoms. The van der Waals surface area contributed by atoms with Crippen molar-refractivity contribution in [2.75, 3.05) is 51.3 Å². The average Bonchev–Trinajstić information content (AvgIpc) is 3.17. The van der Waals surface area contributed by atoms with Gasteiger partial charge in [0.1, 0.15) is 5.82 Å². The molecule has 1 aromatic heterocycles. The van der Waals surface area contributed by atoms with Crippen molar-refractivity contribution in [3.05, 3.63) is 47.5 Å². The Balaban J connectivity index is 1.36. The number of hydrogen-bond donors (Lipinski definition) is 1. The number of aromatic nitrogens is 2. The molecule has 0 amide bonds. The van der Waals surface area contributed by atoms with E-state index in [1.807, 2.05) is 6.20 Å². The normalized spacial score (nSPS) is 19.3. The minimum absolute atomic E-state index is 0.166. The van der Waals surface area contributed by atoms with Crippen molar-refractivity contribution < 1.29 is 9.13 Å². The first kappa shape index (κ1) is 19.4. The predicted octanol–water partition coefficient (Wildman–Crippen LogP) is 2.42. The molecule has 2 aromatic rings. The summed E-state index contributed by atoms with van der Waals surface area (Å²) in [5.41, 5.74) is 3.13. The monoisotopic (exact) mass is 387 g/mol. The summed E-state index contributed by atoms with van der Waals surface area (Å²) >= 11 is 0. The molecular weight excluding hydrogens is 357 g/mol. The molecule has 0 radical (unpaired) electrons. The van der Waals surface area contributed by atoms with Gasteiger partial charge in [0, 0.05) is 64.4 Å². The Morgan fingerprint density at radius 3 is 2.68 bits per heavy atom. The van der Waals surface area contributed by atoms with Crippen molar-refractivity contribution in [2.24, 2.45) is 0 Å². The lowest BCUT2D eigenvalue weighted by molar-refractivity contribution is 0.0653. The van der Waals surface area contributed by atoms with Gasteiger partial charge in [-0.05, 0) is 49.7 Å². The summed E-state index contributed by atoms with van der Waals surface area (Å²) in [5.74, 6) is -0.166. The van der Waals surface area contributed by atoms with Gasteiger partial charge in [0.05, 0.1) is 11.7 Å². The zero-order valence-corrected chi connectivity index (χ0v) is 16.6. The lowest BCUT2D eigenvalue weighted by Crippen LogP contribution is -2.44. The summed E-state index contributed by atoms with van der Waals surface area (Å²) in [6.07, 6.45) is 3.88. The van der Waals surface area contributed by atoms with Crippen LogP contribution >= 0.6 is 0 Å². The molecule has 2 aliphatic rings. The Kier molecular flexibility index (Phi) is 6.24. The van der Waals surface area contributed by atoms with E-state index in [1.54, 1.807) is 12.1 Å². The Bertz CT molecular complexity index is 766. The Labute approximate surface area is 166 Å². The van der Waals surface area contributed by atoms with Crippen LogP contribution in [0.3, 0.4) is 0 Å². The van der Waals surface area contributed by atoms with E-state index in [0.717, 1.165) is 70.0 Å². The number of rotatable bonds is 6. The topological polar surface area (TPSA) is 45.6 Å². The van der Waals surface area contributed by atoms with Crippen LogP contribution in [-0.2, 0) is 17.8 Å². The van der Waals surface area contributed by atoms with E-state index in [0.29, 0.717) is 12.6 Å². The SMILES string of the molecule is CN1CCN(c2cc(F)cc(CNCc3ccnn3C3CCOCC3)c2)CC1. The van der Waals surface area contributed by atoms with Gasteiger partial charge in [-0.25, -0.2) is 4.39 Å². The number of ether oxygens (including phenoxy) is 1. The molecule has 1 N–H and O–H groups in total. The van der Waals surface area contributed by atoms with Crippen LogP contribution in [0.4, 0.5) is 10.1 Å². The molecule has 152 valence electrons. The van der Waals surface area contributed by atoms with Gasteiger partial charge in [-0.3, -0.25) is 4.68 Å². The second-order valence-electron chi connectivity index (χ2n) is 7.82. The zero-order chi connectivity index (χ0) is 19.3. The fourth-order valence-electron chi connectivity index (χ4n) is 4.06. The largest absolute Gasteiger partial charge is 0.381 e. The third-order valence-corrected chi connectivity index (χ3v) is 5.73. The van der Waals surface area contributed by atoms with Crippen molar-refractivity contribution in [3.63, 3.8) is 0 Å². The number of likely N-dealkylation sites (N-methyl/N-ethyl adjacent to an activating group) is 1. The van der Waals surface area contributed by atoms with Gasteiger partial charge in [-0.1, -0.05) is 0 Å². The molecule has 0 atom stereocenters. The van der Waals surface area contributed by atoms with Crippen LogP contribution in [0.5, 0.6) is 0 Å². The van der Waals surface area contributed by atoms with Crippen LogP contribution in [0.1, 0.15) is 30.1 Å². The standard InChI is InChI=1S/C21H30FN5O/c1-25-6-8-26(9-7-25)21-13-17(12-18(22)14-21)15-23-16-20-2-5-24-27(20)19-3-10-28-11-4-19/h2,5,12-14,19,23H,3-4,6-11,15-16H2,1H3. The zero-order valence-electron chi connectivity index (χ0n) is 16.6. The lowest BCUT2D eigenvalue weighted by atomic mass is 10.1. The Hall–Kier alpha value is -1.96. The van der Waals surface area contributed by atoms with E-state index in [9.17, 15) is 4.39 Å². The first-order valence-corrected chi connectivity index (χ1v) is 10.2. The molecule has 1 aromatic carbocycles. The van der Waals surface area contributed by atoms with Crippen molar-refractivity contribution >= 4 is 5.69 Å². The quantitative estimate of drug-likeness (QED) is 0.825. The molecule has 6 nitrogen and oxygen atoms in total. The van der Waals surface area contributed by atoms with Gasteiger partial charge < -0.3 is 19.9 Å². The highest BCUT2D eigenvalue weighted by Crippen LogP contribution is 2.22. The number of nitrogens with one attached hydrogen (secondary N) is 1. The molecule has 0 spiro atoms. The molecule has 3 heterocycles. The first-order chi connectivity index (χ1) is 13.7. The van der Waals surface area contributed by atoms with Gasteiger partial charge >= 0.3 is 0 Å². The number of halogens is 1. The summed E-state index contributed by atoms with van der Waals surface area (Å²) < 4.78 is 21.8. The molecule has 2 fully saturated rings. The maximum Gasteiger partial charge on any atom is 0.125 e. The Morgan fingerprint density at radius 1 is 1.11 bits per heavy atom. The molecule has 28 heavy (non-hydrogen) atoms. The number of piperazine rings is 1. The van der Waals surface area contributed by atoms with Crippen molar-refractivity contribution in [1.82, 2.24) is 20.0 Å². The molecule has 0 saturated carbocycles. The molecule has 2 saturated heterocycles. The van der Waals surface area contributed by atoms with Crippen LogP contribution in [0.25, 0.3) is 0 Å². The summed E-state index contributed by atoms with van der Waals surface area (Å²) in [6, 6.07) is 7.86. The maximum atomic E-state index is 14.2. The minimum Gasteiger partial charge on any atom is -0.381 e. The molecule has 2 aliphatic heterocycles. The van der Waals surface area contributed by atoms with E-state index in [1.165, 1.54) is 5.69 Å². The van der Waals surface area contributed by atoms with E-state index >= 15 is 0 Å². The van der Waals surface area contributed by atoms with Crippen LogP contribution < -0.4 is 10.2 Å². The third-order valence-electron chi connectivity index (χ3n) is 5.73. The van der Waals surface area contributed by atoms with E-state index in [-0.39, 0.29) is 5.82 Å². The average molecular weight is 388 g/mol. The predicted molar refractivity (Wildman–Crippen MR) is 108 cm³/mol. The minimum atomic E-state index is -0.166. The summed E-state index contributed by atoms with van der Waals surface area (Å²) in [7, 11) is 2.13. The van der Waals surface area contributed by atoms with E-state index in [2.05, 4.69) is 44.1 Å². The van der Waals surface area contributed by atoms with E-state index < -0.39 is 0 Å². The maximum absolute atomic E-state index is 14.2. The molecule has 0 unspecified atom stereocenters. The fraction of sp³-hybridized carbons (Fsp3) is 0.571. The van der Waals surface area contributed by atoms with Gasteiger partial charge in [0.15, 0.2) is 0 Å². The molecular formula is C21H30FN5O. The highest BCUT2D eigenvalue weighted by molar-refractivity contribution is 5.49. The van der Waals surface area contributed by atoms with Crippen molar-refractivity contribution in [2.45, 2.75) is 32.0 Å². The fourth-order valence-corrected chi connectivity index (χ4v) is 4.06. The van der Waals surface area contributed by atoms with Crippen LogP contribution in [-0.4, -0.2) is 61.1 Å². The highest BCUT2D eigenvalue weighted by Gasteiger charge is 2.19. The molecule has 0 bridgehead atoms. The summed E-state index contributed by atoms with van der Waals surface area (Å²) in [5, 5.41) is 7.97. The molecule has 4 rings (SSSR count). The van der Waals surface area contributed by atoms with Gasteiger partial charge in [0.25, 0.3) is 0 Å². The van der Waals surface area contributed by atoms with Gasteiger partial charge in [-0.2, -0.15) is 5.10 Å². The summed E-state index contributed by atoms with van der Waals surface area (Å²) in [6.45, 7) is 6.87. The highest BCUT2D eigenvalue weighted by atomic mass is 19.1. The van der Waals surface area contributed by atoms with E-state index in [4.69, 9.17) is 4.74 Å². The number of hydrogen-bond acceptors (Lipinski definition) is 5. The van der Waals surface area contributed by atoms with Crippen molar-refractivity contribution in [1.29, 1.82) is 0 Å². The first-order valence-electron chi connectivity index (χ1n) is 10.2. The van der Waals surface area contributed by atoms with Gasteiger partial charge in [0.2, 0.25) is 0 Å². The summed E-state index contributed by atoms with van der Waals surface area (Å²) in [4.78, 5) is 4.58. The van der Waals surface area contributed by atoms with Crippen LogP contribution in [0, 0.1) is 5.82 Å². The number of benzene rings is 1. The van der Waals surface area contributed by atoms with Crippen LogP contribution in [0.2, 0.25) is 0 Å². The van der Waals surface area contributed by atoms with Crippen molar-refractivity contribution in [3.8, 4) is 0 Å². The number of anilines is 1. The second-order valence-corrected chi connectivity index (χ2v) is 7.82.